The normalized spacial score (nSPS) is 14.2. The second kappa shape index (κ2) is 5.60. The van der Waals surface area contributed by atoms with Crippen molar-refractivity contribution in [2.45, 2.75) is 26.4 Å². The van der Waals surface area contributed by atoms with Gasteiger partial charge in [0.2, 0.25) is 0 Å². The number of aryl methyl sites for hydroxylation is 2. The molecule has 23 heavy (non-hydrogen) atoms. The van der Waals surface area contributed by atoms with Crippen molar-refractivity contribution < 1.29 is 13.6 Å². The van der Waals surface area contributed by atoms with Crippen LogP contribution < -0.4 is 5.56 Å². The third kappa shape index (κ3) is 2.76. The zero-order valence-electron chi connectivity index (χ0n) is 12.8. The van der Waals surface area contributed by atoms with E-state index in [1.807, 2.05) is 0 Å². The van der Waals surface area contributed by atoms with Crippen LogP contribution in [0.1, 0.15) is 33.9 Å². The molecule has 0 bridgehead atoms. The Hall–Kier alpha value is -2.51. The summed E-state index contributed by atoms with van der Waals surface area (Å²) in [7, 11) is 1.65. The van der Waals surface area contributed by atoms with Gasteiger partial charge < -0.3 is 9.47 Å². The molecule has 1 aliphatic heterocycles. The summed E-state index contributed by atoms with van der Waals surface area (Å²) in [5, 5.41) is 3.69. The van der Waals surface area contributed by atoms with Crippen LogP contribution in [-0.4, -0.2) is 31.7 Å². The average molecular weight is 322 g/mol. The van der Waals surface area contributed by atoms with Crippen molar-refractivity contribution in [3.8, 4) is 0 Å². The second-order valence-corrected chi connectivity index (χ2v) is 5.64. The Labute approximate surface area is 130 Å². The summed E-state index contributed by atoms with van der Waals surface area (Å²) in [5.74, 6) is -0.382. The van der Waals surface area contributed by atoms with Crippen molar-refractivity contribution in [2.24, 2.45) is 7.05 Å². The van der Waals surface area contributed by atoms with Crippen LogP contribution >= 0.6 is 0 Å². The highest BCUT2D eigenvalue weighted by Crippen LogP contribution is 2.20. The lowest BCUT2D eigenvalue weighted by Crippen LogP contribution is -2.37. The fourth-order valence-corrected chi connectivity index (χ4v) is 2.76. The predicted octanol–water partition coefficient (Wildman–Crippen LogP) is 1.48. The van der Waals surface area contributed by atoms with Gasteiger partial charge in [-0.05, 0) is 30.5 Å². The maximum Gasteiger partial charge on any atom is 0.333 e. The zero-order valence-corrected chi connectivity index (χ0v) is 12.8. The minimum absolute atomic E-state index is 0.0103. The molecule has 0 radical (unpaired) electrons. The van der Waals surface area contributed by atoms with Gasteiger partial charge in [0.1, 0.15) is 0 Å². The molecule has 0 N–H and O–H groups in total. The molecule has 0 fully saturated rings. The first-order valence-corrected chi connectivity index (χ1v) is 7.19. The molecule has 0 atom stereocenters. The van der Waals surface area contributed by atoms with Crippen molar-refractivity contribution in [3.63, 3.8) is 0 Å². The van der Waals surface area contributed by atoms with Crippen molar-refractivity contribution in [2.75, 3.05) is 6.54 Å². The summed E-state index contributed by atoms with van der Waals surface area (Å²) < 4.78 is 27.5. The minimum atomic E-state index is -2.77. The monoisotopic (exact) mass is 322 g/mol. The highest BCUT2D eigenvalue weighted by atomic mass is 19.3. The van der Waals surface area contributed by atoms with E-state index in [2.05, 4.69) is 5.10 Å². The quantitative estimate of drug-likeness (QED) is 0.841. The molecule has 8 heteroatoms. The molecule has 0 saturated carbocycles. The van der Waals surface area contributed by atoms with Crippen LogP contribution in [0.5, 0.6) is 0 Å². The summed E-state index contributed by atoms with van der Waals surface area (Å²) in [4.78, 5) is 25.7. The number of halogens is 2. The molecule has 1 aliphatic rings. The maximum absolute atomic E-state index is 12.8. The molecule has 2 aromatic rings. The van der Waals surface area contributed by atoms with E-state index in [1.54, 1.807) is 24.2 Å². The average Bonchev–Trinajstić information content (AvgIpc) is 2.89. The van der Waals surface area contributed by atoms with E-state index in [0.29, 0.717) is 24.2 Å². The van der Waals surface area contributed by atoms with Crippen LogP contribution in [0, 0.1) is 6.92 Å². The van der Waals surface area contributed by atoms with Gasteiger partial charge >= 0.3 is 6.55 Å². The van der Waals surface area contributed by atoms with Gasteiger partial charge in [0.15, 0.2) is 5.69 Å². The number of aromatic nitrogens is 3. The smallest absolute Gasteiger partial charge is 0.333 e. The van der Waals surface area contributed by atoms with Crippen LogP contribution in [0.25, 0.3) is 0 Å². The topological polar surface area (TPSA) is 60.1 Å². The van der Waals surface area contributed by atoms with Crippen LogP contribution in [0.4, 0.5) is 8.78 Å². The van der Waals surface area contributed by atoms with Gasteiger partial charge in [0, 0.05) is 38.1 Å². The Morgan fingerprint density at radius 3 is 2.70 bits per heavy atom. The molecule has 0 aliphatic carbocycles. The number of carbonyl (C=O) groups excluding carboxylic acids is 1. The first kappa shape index (κ1) is 15.4. The molecule has 1 amide bonds. The van der Waals surface area contributed by atoms with Gasteiger partial charge in [0.05, 0.1) is 0 Å². The number of nitrogens with zero attached hydrogens (tertiary/aromatic N) is 4. The summed E-state index contributed by atoms with van der Waals surface area (Å²) in [6, 6.07) is 2.94. The summed E-state index contributed by atoms with van der Waals surface area (Å²) in [5.41, 5.74) is 1.97. The first-order chi connectivity index (χ1) is 10.9. The van der Waals surface area contributed by atoms with E-state index in [-0.39, 0.29) is 22.9 Å². The standard InChI is InChI=1S/C15H16F2N4O2/c1-9-5-12(18-21(9)15(16)17)14(23)20-4-3-10-6-13(22)19(2)7-11(10)8-20/h5-7,15H,3-4,8H2,1-2H3. The Morgan fingerprint density at radius 1 is 1.30 bits per heavy atom. The highest BCUT2D eigenvalue weighted by molar-refractivity contribution is 5.92. The predicted molar refractivity (Wildman–Crippen MR) is 78.3 cm³/mol. The van der Waals surface area contributed by atoms with Gasteiger partial charge in [-0.3, -0.25) is 9.59 Å². The van der Waals surface area contributed by atoms with Crippen molar-refractivity contribution in [1.29, 1.82) is 0 Å². The highest BCUT2D eigenvalue weighted by Gasteiger charge is 2.25. The number of hydrogen-bond acceptors (Lipinski definition) is 3. The molecule has 6 nitrogen and oxygen atoms in total. The summed E-state index contributed by atoms with van der Waals surface area (Å²) >= 11 is 0. The third-order valence-electron chi connectivity index (χ3n) is 4.03. The van der Waals surface area contributed by atoms with Gasteiger partial charge in [-0.1, -0.05) is 0 Å². The molecule has 3 rings (SSSR count). The zero-order chi connectivity index (χ0) is 16.7. The number of carbonyl (C=O) groups is 1. The number of alkyl halides is 2. The van der Waals surface area contributed by atoms with Crippen molar-refractivity contribution in [3.05, 3.63) is 51.2 Å². The Balaban J connectivity index is 1.85. The Morgan fingerprint density at radius 2 is 2.04 bits per heavy atom. The van der Waals surface area contributed by atoms with Crippen molar-refractivity contribution >= 4 is 5.91 Å². The molecule has 2 aromatic heterocycles. The summed E-state index contributed by atoms with van der Waals surface area (Å²) in [6.07, 6.45) is 2.27. The molecule has 0 saturated heterocycles. The third-order valence-corrected chi connectivity index (χ3v) is 4.03. The molecule has 122 valence electrons. The van der Waals surface area contributed by atoms with E-state index in [0.717, 1.165) is 11.1 Å². The number of hydrogen-bond donors (Lipinski definition) is 0. The lowest BCUT2D eigenvalue weighted by molar-refractivity contribution is 0.0530. The number of pyridine rings is 1. The van der Waals surface area contributed by atoms with Crippen molar-refractivity contribution in [1.82, 2.24) is 19.2 Å². The van der Waals surface area contributed by atoms with Gasteiger partial charge in [-0.25, -0.2) is 4.68 Å². The molecule has 0 spiro atoms. The Bertz CT molecular complexity index is 825. The SMILES string of the molecule is Cc1cc(C(=O)N2CCc3cc(=O)n(C)cc3C2)nn1C(F)F. The Kier molecular flexibility index (Phi) is 3.75. The minimum Gasteiger partial charge on any atom is -0.333 e. The lowest BCUT2D eigenvalue weighted by atomic mass is 10.0. The molecular weight excluding hydrogens is 306 g/mol. The lowest BCUT2D eigenvalue weighted by Gasteiger charge is -2.28. The second-order valence-electron chi connectivity index (χ2n) is 5.64. The molecule has 0 aromatic carbocycles. The number of rotatable bonds is 2. The van der Waals surface area contributed by atoms with E-state index in [4.69, 9.17) is 0 Å². The fourth-order valence-electron chi connectivity index (χ4n) is 2.76. The summed E-state index contributed by atoms with van der Waals surface area (Å²) in [6.45, 7) is -0.521. The number of amides is 1. The van der Waals surface area contributed by atoms with Crippen LogP contribution in [-0.2, 0) is 20.0 Å². The molecule has 0 unspecified atom stereocenters. The maximum atomic E-state index is 12.8. The van der Waals surface area contributed by atoms with Gasteiger partial charge in [-0.2, -0.15) is 13.9 Å². The van der Waals surface area contributed by atoms with Crippen LogP contribution in [0.2, 0.25) is 0 Å². The van der Waals surface area contributed by atoms with Gasteiger partial charge in [-0.15, -0.1) is 0 Å². The van der Waals surface area contributed by atoms with Crippen LogP contribution in [0.15, 0.2) is 23.1 Å². The molecular formula is C15H16F2N4O2. The van der Waals surface area contributed by atoms with E-state index >= 15 is 0 Å². The molecule has 3 heterocycles. The van der Waals surface area contributed by atoms with E-state index in [1.165, 1.54) is 17.6 Å². The van der Waals surface area contributed by atoms with E-state index in [9.17, 15) is 18.4 Å². The van der Waals surface area contributed by atoms with E-state index < -0.39 is 6.55 Å². The first-order valence-electron chi connectivity index (χ1n) is 7.19. The van der Waals surface area contributed by atoms with Gasteiger partial charge in [0.25, 0.3) is 11.5 Å². The van der Waals surface area contributed by atoms with Crippen LogP contribution in [0.3, 0.4) is 0 Å². The number of fused-ring (bicyclic) bond motifs is 1. The fraction of sp³-hybridized carbons (Fsp3) is 0.400. The largest absolute Gasteiger partial charge is 0.333 e.